The molecule has 0 N–H and O–H groups in total. The Bertz CT molecular complexity index is 1130. The summed E-state index contributed by atoms with van der Waals surface area (Å²) in [5, 5.41) is 0. The number of imidazole rings is 2. The van der Waals surface area contributed by atoms with E-state index in [0.717, 1.165) is 12.1 Å². The van der Waals surface area contributed by atoms with E-state index in [0.29, 0.717) is 36.0 Å². The molecule has 3 aromatic heterocycles. The Labute approximate surface area is 155 Å². The summed E-state index contributed by atoms with van der Waals surface area (Å²) in [6, 6.07) is 0. The topological polar surface area (TPSA) is 92.5 Å². The van der Waals surface area contributed by atoms with Crippen molar-refractivity contribution in [2.45, 2.75) is 47.2 Å². The number of aryl methyl sites for hydroxylation is 2. The molecule has 0 radical (unpaired) electrons. The number of fused-ring (bicyclic) bond motifs is 3. The number of nitrogens with zero attached hydrogens (tertiary/aromatic N) is 5. The minimum absolute atomic E-state index is 0.00498. The molecule has 0 saturated carbocycles. The van der Waals surface area contributed by atoms with Crippen molar-refractivity contribution in [3.05, 3.63) is 32.7 Å². The lowest BCUT2D eigenvalue weighted by Crippen LogP contribution is -2.39. The molecule has 9 heteroatoms. The third-order valence-electron chi connectivity index (χ3n) is 4.66. The van der Waals surface area contributed by atoms with E-state index in [9.17, 15) is 14.4 Å². The van der Waals surface area contributed by atoms with E-state index in [-0.39, 0.29) is 23.8 Å². The summed E-state index contributed by atoms with van der Waals surface area (Å²) in [6.07, 6.45) is 2.48. The van der Waals surface area contributed by atoms with Crippen LogP contribution in [0.3, 0.4) is 0 Å². The number of aromatic nitrogens is 5. The summed E-state index contributed by atoms with van der Waals surface area (Å²) in [5.74, 6) is 0.425. The van der Waals surface area contributed by atoms with E-state index in [1.54, 1.807) is 29.1 Å². The molecule has 0 amide bonds. The lowest BCUT2D eigenvalue weighted by atomic mass is 10.1. The SMILES string of the molecule is CCOC(=O)Cn1c(C)cn2c3c(=O)n(CCC(C)C)c(=O)n(C)c3nc12. The van der Waals surface area contributed by atoms with E-state index in [4.69, 9.17) is 4.74 Å². The number of rotatable bonds is 6. The Hall–Kier alpha value is -2.84. The molecule has 0 aliphatic rings. The van der Waals surface area contributed by atoms with Gasteiger partial charge in [0.1, 0.15) is 6.54 Å². The maximum absolute atomic E-state index is 13.0. The van der Waals surface area contributed by atoms with Gasteiger partial charge >= 0.3 is 11.7 Å². The number of carbonyl (C=O) groups is 1. The molecule has 9 nitrogen and oxygen atoms in total. The normalized spacial score (nSPS) is 11.8. The highest BCUT2D eigenvalue weighted by atomic mass is 16.5. The van der Waals surface area contributed by atoms with Crippen LogP contribution in [0, 0.1) is 12.8 Å². The second-order valence-electron chi connectivity index (χ2n) is 7.10. The summed E-state index contributed by atoms with van der Waals surface area (Å²) in [7, 11) is 1.60. The molecule has 0 aliphatic carbocycles. The minimum atomic E-state index is -0.387. The van der Waals surface area contributed by atoms with Gasteiger partial charge in [0, 0.05) is 25.5 Å². The first-order valence-corrected chi connectivity index (χ1v) is 9.09. The number of hydrogen-bond acceptors (Lipinski definition) is 5. The van der Waals surface area contributed by atoms with Gasteiger partial charge in [0.15, 0.2) is 11.2 Å². The summed E-state index contributed by atoms with van der Waals surface area (Å²) in [6.45, 7) is 8.31. The zero-order valence-electron chi connectivity index (χ0n) is 16.4. The van der Waals surface area contributed by atoms with Crippen LogP contribution in [-0.2, 0) is 29.7 Å². The molecule has 0 spiro atoms. The van der Waals surface area contributed by atoms with Crippen LogP contribution in [0.1, 0.15) is 32.9 Å². The van der Waals surface area contributed by atoms with Crippen LogP contribution in [0.15, 0.2) is 15.8 Å². The van der Waals surface area contributed by atoms with Gasteiger partial charge in [-0.3, -0.25) is 23.1 Å². The highest BCUT2D eigenvalue weighted by Gasteiger charge is 2.21. The average Bonchev–Trinajstić information content (AvgIpc) is 3.09. The van der Waals surface area contributed by atoms with Gasteiger partial charge in [-0.1, -0.05) is 13.8 Å². The van der Waals surface area contributed by atoms with Gasteiger partial charge in [-0.2, -0.15) is 4.98 Å². The quantitative estimate of drug-likeness (QED) is 0.601. The zero-order chi connectivity index (χ0) is 19.9. The molecular weight excluding hydrogens is 350 g/mol. The van der Waals surface area contributed by atoms with Crippen molar-refractivity contribution in [2.75, 3.05) is 6.61 Å². The highest BCUT2D eigenvalue weighted by molar-refractivity contribution is 5.77. The molecule has 27 heavy (non-hydrogen) atoms. The van der Waals surface area contributed by atoms with Crippen molar-refractivity contribution in [3.63, 3.8) is 0 Å². The summed E-state index contributed by atoms with van der Waals surface area (Å²) >= 11 is 0. The van der Waals surface area contributed by atoms with Crippen molar-refractivity contribution in [1.29, 1.82) is 0 Å². The van der Waals surface area contributed by atoms with Crippen LogP contribution in [0.25, 0.3) is 16.9 Å². The number of esters is 1. The first kappa shape index (κ1) is 18.9. The standard InChI is InChI=1S/C18H25N5O4/c1-6-27-13(24)10-22-12(4)9-23-14-15(19-17(22)23)20(5)18(26)21(16(14)25)8-7-11(2)3/h9,11H,6-8,10H2,1-5H3. The third kappa shape index (κ3) is 3.17. The first-order valence-electron chi connectivity index (χ1n) is 9.09. The lowest BCUT2D eigenvalue weighted by Gasteiger charge is -2.09. The molecule has 3 rings (SSSR count). The Balaban J connectivity index is 2.24. The van der Waals surface area contributed by atoms with Gasteiger partial charge < -0.3 is 9.30 Å². The summed E-state index contributed by atoms with van der Waals surface area (Å²) in [4.78, 5) is 42.0. The molecule has 0 atom stereocenters. The Morgan fingerprint density at radius 2 is 1.96 bits per heavy atom. The molecule has 3 heterocycles. The van der Waals surface area contributed by atoms with Crippen molar-refractivity contribution in [1.82, 2.24) is 23.1 Å². The van der Waals surface area contributed by atoms with E-state index in [2.05, 4.69) is 4.98 Å². The predicted molar refractivity (Wildman–Crippen MR) is 101 cm³/mol. The fraction of sp³-hybridized carbons (Fsp3) is 0.556. The van der Waals surface area contributed by atoms with Crippen molar-refractivity contribution in [3.8, 4) is 0 Å². The van der Waals surface area contributed by atoms with Crippen LogP contribution in [0.4, 0.5) is 0 Å². The van der Waals surface area contributed by atoms with Crippen LogP contribution >= 0.6 is 0 Å². The molecule has 3 aromatic rings. The van der Waals surface area contributed by atoms with Gasteiger partial charge in [-0.05, 0) is 26.2 Å². The number of ether oxygens (including phenoxy) is 1. The average molecular weight is 375 g/mol. The molecule has 0 aromatic carbocycles. The third-order valence-corrected chi connectivity index (χ3v) is 4.66. The Morgan fingerprint density at radius 3 is 2.59 bits per heavy atom. The summed E-state index contributed by atoms with van der Waals surface area (Å²) < 4.78 is 11.0. The second-order valence-corrected chi connectivity index (χ2v) is 7.10. The smallest absolute Gasteiger partial charge is 0.332 e. The monoisotopic (exact) mass is 375 g/mol. The largest absolute Gasteiger partial charge is 0.465 e. The number of carbonyl (C=O) groups excluding carboxylic acids is 1. The molecule has 0 fully saturated rings. The van der Waals surface area contributed by atoms with Gasteiger partial charge in [0.2, 0.25) is 5.78 Å². The van der Waals surface area contributed by atoms with Crippen LogP contribution < -0.4 is 11.2 Å². The van der Waals surface area contributed by atoms with Crippen molar-refractivity contribution >= 4 is 22.9 Å². The van der Waals surface area contributed by atoms with Crippen LogP contribution in [-0.4, -0.2) is 35.7 Å². The van der Waals surface area contributed by atoms with Gasteiger partial charge in [0.05, 0.1) is 6.61 Å². The van der Waals surface area contributed by atoms with Gasteiger partial charge in [-0.25, -0.2) is 4.79 Å². The van der Waals surface area contributed by atoms with E-state index < -0.39 is 0 Å². The molecule has 0 bridgehead atoms. The van der Waals surface area contributed by atoms with E-state index in [1.807, 2.05) is 20.8 Å². The first-order chi connectivity index (χ1) is 12.8. The van der Waals surface area contributed by atoms with Crippen molar-refractivity contribution < 1.29 is 9.53 Å². The molecular formula is C18H25N5O4. The van der Waals surface area contributed by atoms with Crippen LogP contribution in [0.2, 0.25) is 0 Å². The number of hydrogen-bond donors (Lipinski definition) is 0. The second kappa shape index (κ2) is 7.05. The maximum atomic E-state index is 13.0. The van der Waals surface area contributed by atoms with E-state index in [1.165, 1.54) is 9.13 Å². The molecule has 146 valence electrons. The molecule has 0 aliphatic heterocycles. The minimum Gasteiger partial charge on any atom is -0.465 e. The molecule has 0 unspecified atom stereocenters. The molecule has 0 saturated heterocycles. The maximum Gasteiger partial charge on any atom is 0.332 e. The van der Waals surface area contributed by atoms with Gasteiger partial charge in [-0.15, -0.1) is 0 Å². The van der Waals surface area contributed by atoms with E-state index >= 15 is 0 Å². The van der Waals surface area contributed by atoms with Gasteiger partial charge in [0.25, 0.3) is 5.56 Å². The van der Waals surface area contributed by atoms with Crippen LogP contribution in [0.5, 0.6) is 0 Å². The Morgan fingerprint density at radius 1 is 1.26 bits per heavy atom. The lowest BCUT2D eigenvalue weighted by molar-refractivity contribution is -0.143. The van der Waals surface area contributed by atoms with Crippen molar-refractivity contribution in [2.24, 2.45) is 13.0 Å². The zero-order valence-corrected chi connectivity index (χ0v) is 16.4. The highest BCUT2D eigenvalue weighted by Crippen LogP contribution is 2.16. The summed E-state index contributed by atoms with van der Waals surface area (Å²) in [5.41, 5.74) is 0.659. The fourth-order valence-electron chi connectivity index (χ4n) is 3.17. The fourth-order valence-corrected chi connectivity index (χ4v) is 3.17. The Kier molecular flexibility index (Phi) is 4.95. The predicted octanol–water partition coefficient (Wildman–Crippen LogP) is 1.07.